The molecular weight excluding hydrogens is 318 g/mol. The van der Waals surface area contributed by atoms with E-state index in [1.165, 1.54) is 50.7 Å². The number of benzene rings is 1. The maximum absolute atomic E-state index is 10.9. The minimum atomic E-state index is -0.391. The molecule has 2 heterocycles. The molecule has 1 aromatic carbocycles. The summed E-state index contributed by atoms with van der Waals surface area (Å²) in [4.78, 5) is 17.4. The summed E-state index contributed by atoms with van der Waals surface area (Å²) in [6, 6.07) is 7.17. The highest BCUT2D eigenvalue weighted by molar-refractivity contribution is 5.58. The number of fused-ring (bicyclic) bond motifs is 1. The van der Waals surface area contributed by atoms with Gasteiger partial charge in [-0.15, -0.1) is 5.10 Å². The Morgan fingerprint density at radius 2 is 2.04 bits per heavy atom. The molecule has 2 fully saturated rings. The van der Waals surface area contributed by atoms with E-state index in [1.807, 2.05) is 10.7 Å². The topological polar surface area (TPSA) is 77.1 Å². The van der Waals surface area contributed by atoms with Crippen LogP contribution < -0.4 is 0 Å². The Bertz CT molecular complexity index is 757. The van der Waals surface area contributed by atoms with Gasteiger partial charge in [0.05, 0.1) is 11.6 Å². The van der Waals surface area contributed by atoms with E-state index in [-0.39, 0.29) is 5.69 Å². The second kappa shape index (κ2) is 6.92. The SMILES string of the molecule is O=[N+]([O-])c1cccc(-c2ncn(CN3CCCC4CCCCC43)n2)c1. The fraction of sp³-hybridized carbons (Fsp3) is 0.556. The van der Waals surface area contributed by atoms with Gasteiger partial charge >= 0.3 is 0 Å². The van der Waals surface area contributed by atoms with Crippen LogP contribution in [0.2, 0.25) is 0 Å². The highest BCUT2D eigenvalue weighted by Crippen LogP contribution is 2.35. The van der Waals surface area contributed by atoms with E-state index in [2.05, 4.69) is 15.0 Å². The molecule has 25 heavy (non-hydrogen) atoms. The van der Waals surface area contributed by atoms with Gasteiger partial charge in [-0.05, 0) is 31.6 Å². The highest BCUT2D eigenvalue weighted by Gasteiger charge is 2.33. The van der Waals surface area contributed by atoms with Gasteiger partial charge in [-0.3, -0.25) is 15.0 Å². The third kappa shape index (κ3) is 3.42. The molecular formula is C18H23N5O2. The maximum atomic E-state index is 10.9. The molecule has 4 rings (SSSR count). The Kier molecular flexibility index (Phi) is 4.48. The lowest BCUT2D eigenvalue weighted by Gasteiger charge is -2.43. The molecule has 0 radical (unpaired) electrons. The predicted octanol–water partition coefficient (Wildman–Crippen LogP) is 3.47. The first kappa shape index (κ1) is 16.2. The van der Waals surface area contributed by atoms with Crippen molar-refractivity contribution in [3.8, 4) is 11.4 Å². The van der Waals surface area contributed by atoms with Crippen molar-refractivity contribution in [3.63, 3.8) is 0 Å². The third-order valence-corrected chi connectivity index (χ3v) is 5.54. The molecule has 0 bridgehead atoms. The first-order valence-electron chi connectivity index (χ1n) is 9.09. The van der Waals surface area contributed by atoms with Crippen LogP contribution in [0.5, 0.6) is 0 Å². The van der Waals surface area contributed by atoms with Crippen molar-refractivity contribution in [2.24, 2.45) is 5.92 Å². The number of hydrogen-bond donors (Lipinski definition) is 0. The standard InChI is InChI=1S/C18H23N5O2/c24-23(25)16-8-3-6-15(11-16)18-19-12-22(20-18)13-21-10-4-7-14-5-1-2-9-17(14)21/h3,6,8,11-12,14,17H,1-2,4-5,7,9-10,13H2. The van der Waals surface area contributed by atoms with Crippen LogP contribution in [0.3, 0.4) is 0 Å². The van der Waals surface area contributed by atoms with Crippen molar-refractivity contribution in [1.82, 2.24) is 19.7 Å². The minimum Gasteiger partial charge on any atom is -0.281 e. The van der Waals surface area contributed by atoms with Crippen LogP contribution in [0.1, 0.15) is 38.5 Å². The van der Waals surface area contributed by atoms with Gasteiger partial charge in [0.2, 0.25) is 0 Å². The van der Waals surface area contributed by atoms with Crippen LogP contribution in [0.25, 0.3) is 11.4 Å². The van der Waals surface area contributed by atoms with E-state index in [4.69, 9.17) is 0 Å². The first-order chi connectivity index (χ1) is 12.2. The van der Waals surface area contributed by atoms with Crippen molar-refractivity contribution in [3.05, 3.63) is 40.7 Å². The van der Waals surface area contributed by atoms with Crippen LogP contribution in [-0.4, -0.2) is 37.2 Å². The number of hydrogen-bond acceptors (Lipinski definition) is 5. The van der Waals surface area contributed by atoms with E-state index < -0.39 is 4.92 Å². The van der Waals surface area contributed by atoms with Crippen LogP contribution >= 0.6 is 0 Å². The number of nitrogens with zero attached hydrogens (tertiary/aromatic N) is 5. The molecule has 1 saturated heterocycles. The first-order valence-corrected chi connectivity index (χ1v) is 9.09. The molecule has 7 nitrogen and oxygen atoms in total. The van der Waals surface area contributed by atoms with E-state index in [1.54, 1.807) is 12.4 Å². The van der Waals surface area contributed by atoms with Crippen LogP contribution in [0, 0.1) is 16.0 Å². The average Bonchev–Trinajstić information content (AvgIpc) is 3.11. The summed E-state index contributed by atoms with van der Waals surface area (Å²) >= 11 is 0. The zero-order chi connectivity index (χ0) is 17.2. The number of aromatic nitrogens is 3. The number of nitro benzene ring substituents is 1. The van der Waals surface area contributed by atoms with Crippen LogP contribution in [-0.2, 0) is 6.67 Å². The lowest BCUT2D eigenvalue weighted by Crippen LogP contribution is -2.47. The molecule has 0 spiro atoms. The fourth-order valence-electron chi connectivity index (χ4n) is 4.34. The number of rotatable bonds is 4. The fourth-order valence-corrected chi connectivity index (χ4v) is 4.34. The van der Waals surface area contributed by atoms with Gasteiger partial charge in [0.1, 0.15) is 6.33 Å². The number of nitro groups is 1. The quantitative estimate of drug-likeness (QED) is 0.628. The van der Waals surface area contributed by atoms with Crippen molar-refractivity contribution in [1.29, 1.82) is 0 Å². The van der Waals surface area contributed by atoms with Gasteiger partial charge in [-0.25, -0.2) is 9.67 Å². The van der Waals surface area contributed by atoms with E-state index in [0.717, 1.165) is 19.1 Å². The van der Waals surface area contributed by atoms with Crippen molar-refractivity contribution in [2.45, 2.75) is 51.2 Å². The second-order valence-electron chi connectivity index (χ2n) is 7.12. The lowest BCUT2D eigenvalue weighted by molar-refractivity contribution is -0.384. The Morgan fingerprint density at radius 3 is 2.92 bits per heavy atom. The van der Waals surface area contributed by atoms with Gasteiger partial charge < -0.3 is 0 Å². The summed E-state index contributed by atoms with van der Waals surface area (Å²) in [6.07, 6.45) is 9.70. The molecule has 7 heteroatoms. The largest absolute Gasteiger partial charge is 0.281 e. The summed E-state index contributed by atoms with van der Waals surface area (Å²) in [6.45, 7) is 1.87. The monoisotopic (exact) mass is 341 g/mol. The van der Waals surface area contributed by atoms with E-state index >= 15 is 0 Å². The zero-order valence-electron chi connectivity index (χ0n) is 14.3. The van der Waals surface area contributed by atoms with Crippen molar-refractivity contribution >= 4 is 5.69 Å². The predicted molar refractivity (Wildman–Crippen MR) is 93.8 cm³/mol. The number of non-ortho nitro benzene ring substituents is 1. The summed E-state index contributed by atoms with van der Waals surface area (Å²) < 4.78 is 1.87. The molecule has 1 aliphatic heterocycles. The Hall–Kier alpha value is -2.28. The smallest absolute Gasteiger partial charge is 0.270 e. The van der Waals surface area contributed by atoms with Gasteiger partial charge in [-0.2, -0.15) is 0 Å². The average molecular weight is 341 g/mol. The summed E-state index contributed by atoms with van der Waals surface area (Å²) in [5.74, 6) is 1.38. The Balaban J connectivity index is 1.49. The van der Waals surface area contributed by atoms with E-state index in [9.17, 15) is 10.1 Å². The van der Waals surface area contributed by atoms with Crippen molar-refractivity contribution in [2.75, 3.05) is 6.54 Å². The van der Waals surface area contributed by atoms with Crippen LogP contribution in [0.4, 0.5) is 5.69 Å². The summed E-state index contributed by atoms with van der Waals surface area (Å²) in [5, 5.41) is 15.5. The van der Waals surface area contributed by atoms with Crippen molar-refractivity contribution < 1.29 is 4.92 Å². The molecule has 132 valence electrons. The molecule has 1 aliphatic carbocycles. The molecule has 1 saturated carbocycles. The molecule has 2 atom stereocenters. The molecule has 2 unspecified atom stereocenters. The van der Waals surface area contributed by atoms with Gasteiger partial charge in [0.15, 0.2) is 5.82 Å². The van der Waals surface area contributed by atoms with E-state index in [0.29, 0.717) is 17.4 Å². The Morgan fingerprint density at radius 1 is 1.20 bits per heavy atom. The molecule has 0 amide bonds. The molecule has 2 aromatic rings. The normalized spacial score (nSPS) is 24.0. The van der Waals surface area contributed by atoms with Gasteiger partial charge in [0, 0.05) is 30.3 Å². The highest BCUT2D eigenvalue weighted by atomic mass is 16.6. The minimum absolute atomic E-state index is 0.0647. The van der Waals surface area contributed by atoms with Gasteiger partial charge in [0.25, 0.3) is 5.69 Å². The number of likely N-dealkylation sites (tertiary alicyclic amines) is 1. The number of piperidine rings is 1. The van der Waals surface area contributed by atoms with Gasteiger partial charge in [-0.1, -0.05) is 25.0 Å². The lowest BCUT2D eigenvalue weighted by atomic mass is 9.78. The second-order valence-corrected chi connectivity index (χ2v) is 7.12. The molecule has 1 aromatic heterocycles. The summed E-state index contributed by atoms with van der Waals surface area (Å²) in [5.41, 5.74) is 0.747. The summed E-state index contributed by atoms with van der Waals surface area (Å²) in [7, 11) is 0. The molecule has 0 N–H and O–H groups in total. The third-order valence-electron chi connectivity index (χ3n) is 5.54. The molecule has 2 aliphatic rings. The Labute approximate surface area is 146 Å². The maximum Gasteiger partial charge on any atom is 0.270 e. The zero-order valence-corrected chi connectivity index (χ0v) is 14.3. The van der Waals surface area contributed by atoms with Crippen LogP contribution in [0.15, 0.2) is 30.6 Å².